The second-order valence-electron chi connectivity index (χ2n) is 6.30. The topological polar surface area (TPSA) is 98.4 Å². The van der Waals surface area contributed by atoms with E-state index in [4.69, 9.17) is 18.6 Å². The lowest BCUT2D eigenvalue weighted by molar-refractivity contribution is -0.305. The molecule has 1 aliphatic rings. The Morgan fingerprint density at radius 2 is 1.83 bits per heavy atom. The predicted molar refractivity (Wildman–Crippen MR) is 84.9 cm³/mol. The minimum Gasteiger partial charge on any atom is -0.462 e. The van der Waals surface area contributed by atoms with E-state index in [1.807, 2.05) is 0 Å². The summed E-state index contributed by atoms with van der Waals surface area (Å²) in [6, 6.07) is 7.91. The van der Waals surface area contributed by atoms with Crippen LogP contribution in [0.25, 0.3) is 11.0 Å². The number of rotatable bonds is 3. The number of methoxy groups -OCH3 is 1. The Kier molecular flexibility index (Phi) is 4.35. The molecule has 1 unspecified atom stereocenters. The molecule has 7 heteroatoms. The van der Waals surface area contributed by atoms with Gasteiger partial charge in [-0.1, -0.05) is 0 Å². The highest BCUT2D eigenvalue weighted by molar-refractivity contribution is 5.77. The molecule has 0 spiro atoms. The van der Waals surface area contributed by atoms with Crippen LogP contribution >= 0.6 is 0 Å². The summed E-state index contributed by atoms with van der Waals surface area (Å²) in [6.07, 6.45) is -4.24. The Balaban J connectivity index is 1.86. The fraction of sp³-hybridized carbons (Fsp3) is 0.471. The maximum Gasteiger partial charge on any atom is 0.336 e. The summed E-state index contributed by atoms with van der Waals surface area (Å²) in [5.74, 6) is 0.347. The smallest absolute Gasteiger partial charge is 0.336 e. The van der Waals surface area contributed by atoms with Crippen LogP contribution in [-0.4, -0.2) is 47.5 Å². The first-order valence-electron chi connectivity index (χ1n) is 7.59. The van der Waals surface area contributed by atoms with Crippen LogP contribution in [0, 0.1) is 0 Å². The third-order valence-electron chi connectivity index (χ3n) is 4.14. The molecule has 1 saturated heterocycles. The van der Waals surface area contributed by atoms with Gasteiger partial charge in [0.1, 0.15) is 29.6 Å². The molecule has 4 atom stereocenters. The fourth-order valence-corrected chi connectivity index (χ4v) is 2.95. The normalized spacial score (nSPS) is 29.5. The van der Waals surface area contributed by atoms with Gasteiger partial charge in [-0.3, -0.25) is 0 Å². The lowest BCUT2D eigenvalue weighted by Crippen LogP contribution is -2.63. The molecular weight excluding hydrogens is 316 g/mol. The lowest BCUT2D eigenvalue weighted by atomic mass is 9.89. The van der Waals surface area contributed by atoms with Gasteiger partial charge in [-0.2, -0.15) is 0 Å². The van der Waals surface area contributed by atoms with Crippen molar-refractivity contribution in [2.45, 2.75) is 44.1 Å². The maximum atomic E-state index is 11.3. The molecule has 2 heterocycles. The van der Waals surface area contributed by atoms with Crippen LogP contribution in [0.5, 0.6) is 5.75 Å². The Bertz CT molecular complexity index is 782. The zero-order chi connectivity index (χ0) is 17.5. The van der Waals surface area contributed by atoms with E-state index in [0.717, 1.165) is 5.39 Å². The number of fused-ring (bicyclic) bond motifs is 1. The molecule has 2 N–H and O–H groups in total. The molecule has 0 bridgehead atoms. The standard InChI is InChI=1S/C17H20O7/c1-17(2)15(21-3)13(19)14(20)16(24-17)22-10-6-4-9-5-7-12(18)23-11(9)8-10/h4-8,13-16,19-20H,1-3H3/t13-,14+,15-,16?/m1/s1. The Labute approximate surface area is 138 Å². The summed E-state index contributed by atoms with van der Waals surface area (Å²) in [7, 11) is 1.44. The number of aliphatic hydroxyl groups excluding tert-OH is 2. The summed E-state index contributed by atoms with van der Waals surface area (Å²) in [6.45, 7) is 3.48. The minimum absolute atomic E-state index is 0.347. The van der Waals surface area contributed by atoms with Gasteiger partial charge in [-0.25, -0.2) is 4.79 Å². The summed E-state index contributed by atoms with van der Waals surface area (Å²) in [4.78, 5) is 11.3. The van der Waals surface area contributed by atoms with Crippen LogP contribution < -0.4 is 10.4 Å². The third kappa shape index (κ3) is 3.03. The highest BCUT2D eigenvalue weighted by Crippen LogP contribution is 2.33. The molecule has 1 aromatic carbocycles. The van der Waals surface area contributed by atoms with Crippen molar-refractivity contribution in [3.05, 3.63) is 40.8 Å². The second-order valence-corrected chi connectivity index (χ2v) is 6.30. The highest BCUT2D eigenvalue weighted by atomic mass is 16.7. The van der Waals surface area contributed by atoms with Crippen LogP contribution in [0.2, 0.25) is 0 Å². The number of aliphatic hydroxyl groups is 2. The summed E-state index contributed by atoms with van der Waals surface area (Å²) in [5.41, 5.74) is -0.963. The van der Waals surface area contributed by atoms with E-state index in [1.54, 1.807) is 32.0 Å². The van der Waals surface area contributed by atoms with Crippen molar-refractivity contribution in [2.24, 2.45) is 0 Å². The Morgan fingerprint density at radius 1 is 1.12 bits per heavy atom. The minimum atomic E-state index is -1.29. The molecule has 0 saturated carbocycles. The molecule has 1 aromatic heterocycles. The van der Waals surface area contributed by atoms with E-state index >= 15 is 0 Å². The summed E-state index contributed by atoms with van der Waals surface area (Å²) >= 11 is 0. The molecule has 3 rings (SSSR count). The molecule has 1 fully saturated rings. The van der Waals surface area contributed by atoms with Gasteiger partial charge in [0.15, 0.2) is 0 Å². The number of benzene rings is 1. The van der Waals surface area contributed by atoms with Crippen LogP contribution in [0.4, 0.5) is 0 Å². The molecule has 1 aliphatic heterocycles. The van der Waals surface area contributed by atoms with Crippen molar-refractivity contribution >= 4 is 11.0 Å². The first-order valence-corrected chi connectivity index (χ1v) is 7.59. The van der Waals surface area contributed by atoms with Crippen LogP contribution in [-0.2, 0) is 9.47 Å². The highest BCUT2D eigenvalue weighted by Gasteiger charge is 2.50. The van der Waals surface area contributed by atoms with Crippen molar-refractivity contribution in [3.8, 4) is 5.75 Å². The Morgan fingerprint density at radius 3 is 2.54 bits per heavy atom. The largest absolute Gasteiger partial charge is 0.462 e. The van der Waals surface area contributed by atoms with Gasteiger partial charge >= 0.3 is 5.63 Å². The first kappa shape index (κ1) is 16.9. The van der Waals surface area contributed by atoms with E-state index in [9.17, 15) is 15.0 Å². The summed E-state index contributed by atoms with van der Waals surface area (Å²) < 4.78 is 21.7. The van der Waals surface area contributed by atoms with Crippen LogP contribution in [0.3, 0.4) is 0 Å². The molecule has 24 heavy (non-hydrogen) atoms. The molecule has 0 amide bonds. The molecule has 7 nitrogen and oxygen atoms in total. The average Bonchev–Trinajstić information content (AvgIpc) is 2.52. The molecule has 0 radical (unpaired) electrons. The van der Waals surface area contributed by atoms with Gasteiger partial charge in [-0.15, -0.1) is 0 Å². The maximum absolute atomic E-state index is 11.3. The van der Waals surface area contributed by atoms with E-state index in [-0.39, 0.29) is 0 Å². The lowest BCUT2D eigenvalue weighted by Gasteiger charge is -2.46. The fourth-order valence-electron chi connectivity index (χ4n) is 2.95. The average molecular weight is 336 g/mol. The van der Waals surface area contributed by atoms with Gasteiger partial charge in [0.05, 0.1) is 5.60 Å². The van der Waals surface area contributed by atoms with Crippen molar-refractivity contribution < 1.29 is 28.8 Å². The number of hydrogen-bond acceptors (Lipinski definition) is 7. The molecular formula is C17H20O7. The summed E-state index contributed by atoms with van der Waals surface area (Å²) in [5, 5.41) is 21.2. The van der Waals surface area contributed by atoms with E-state index < -0.39 is 35.8 Å². The van der Waals surface area contributed by atoms with Crippen molar-refractivity contribution in [1.29, 1.82) is 0 Å². The zero-order valence-electron chi connectivity index (χ0n) is 13.6. The van der Waals surface area contributed by atoms with Gasteiger partial charge < -0.3 is 28.8 Å². The predicted octanol–water partition coefficient (Wildman–Crippen LogP) is 1.04. The van der Waals surface area contributed by atoms with Crippen molar-refractivity contribution in [1.82, 2.24) is 0 Å². The quantitative estimate of drug-likeness (QED) is 0.808. The van der Waals surface area contributed by atoms with E-state index in [1.165, 1.54) is 19.2 Å². The Hall–Kier alpha value is -1.93. The van der Waals surface area contributed by atoms with Gasteiger partial charge in [0.2, 0.25) is 6.29 Å². The molecule has 130 valence electrons. The van der Waals surface area contributed by atoms with Crippen LogP contribution in [0.15, 0.2) is 39.5 Å². The number of hydrogen-bond donors (Lipinski definition) is 2. The van der Waals surface area contributed by atoms with Gasteiger partial charge in [0, 0.05) is 24.6 Å². The van der Waals surface area contributed by atoms with Gasteiger partial charge in [0.25, 0.3) is 0 Å². The van der Waals surface area contributed by atoms with Crippen molar-refractivity contribution in [3.63, 3.8) is 0 Å². The number of ether oxygens (including phenoxy) is 3. The third-order valence-corrected chi connectivity index (χ3v) is 4.14. The zero-order valence-corrected chi connectivity index (χ0v) is 13.6. The van der Waals surface area contributed by atoms with Gasteiger partial charge in [-0.05, 0) is 32.0 Å². The monoisotopic (exact) mass is 336 g/mol. The molecule has 2 aromatic rings. The van der Waals surface area contributed by atoms with E-state index in [0.29, 0.717) is 11.3 Å². The second kappa shape index (κ2) is 6.18. The van der Waals surface area contributed by atoms with E-state index in [2.05, 4.69) is 0 Å². The SMILES string of the molecule is CO[C@@H]1[C@H](O)[C@H](O)C(Oc2ccc3ccc(=O)oc3c2)OC1(C)C. The van der Waals surface area contributed by atoms with Crippen molar-refractivity contribution in [2.75, 3.05) is 7.11 Å². The molecule has 0 aliphatic carbocycles. The first-order chi connectivity index (χ1) is 11.3. The van der Waals surface area contributed by atoms with Crippen LogP contribution in [0.1, 0.15) is 13.8 Å².